The summed E-state index contributed by atoms with van der Waals surface area (Å²) in [4.78, 5) is 11.6. The van der Waals surface area contributed by atoms with Gasteiger partial charge in [0.15, 0.2) is 0 Å². The van der Waals surface area contributed by atoms with E-state index >= 15 is 0 Å². The van der Waals surface area contributed by atoms with Crippen molar-refractivity contribution in [2.24, 2.45) is 5.73 Å². The van der Waals surface area contributed by atoms with Gasteiger partial charge in [0.25, 0.3) is 5.91 Å². The number of amides is 1. The van der Waals surface area contributed by atoms with Gasteiger partial charge in [-0.15, -0.1) is 0 Å². The van der Waals surface area contributed by atoms with Crippen LogP contribution in [0.5, 0.6) is 0 Å². The van der Waals surface area contributed by atoms with Crippen molar-refractivity contribution in [3.8, 4) is 0 Å². The van der Waals surface area contributed by atoms with Crippen LogP contribution in [-0.2, 0) is 0 Å². The normalized spacial score (nSPS) is 9.73. The lowest BCUT2D eigenvalue weighted by Crippen LogP contribution is -2.32. The Hall–Kier alpha value is -1.01. The molecule has 0 heterocycles. The van der Waals surface area contributed by atoms with Crippen LogP contribution in [0.2, 0.25) is 0 Å². The first-order chi connectivity index (χ1) is 6.99. The Morgan fingerprint density at radius 2 is 2.20 bits per heavy atom. The molecule has 0 spiro atoms. The second-order valence-electron chi connectivity index (χ2n) is 2.81. The molecule has 3 N–H and O–H groups in total. The number of nitrogens with two attached hydrogens (primary N) is 1. The Kier molecular flexibility index (Phi) is 4.16. The van der Waals surface area contributed by atoms with Gasteiger partial charge in [0.2, 0.25) is 0 Å². The number of hydrogen-bond acceptors (Lipinski definition) is 2. The number of carbonyl (C=O) groups is 1. The zero-order chi connectivity index (χ0) is 11.4. The maximum Gasteiger partial charge on any atom is 0.251 e. The Balaban J connectivity index is 2.77. The summed E-state index contributed by atoms with van der Waals surface area (Å²) in [6, 6.07) is 3.92. The second-order valence-corrected chi connectivity index (χ2v) is 4.25. The molecule has 0 radical (unpaired) electrons. The number of halogens is 2. The Labute approximate surface area is 100.0 Å². The monoisotopic (exact) mass is 290 g/mol. The molecule has 0 saturated carbocycles. The van der Waals surface area contributed by atoms with Crippen LogP contribution >= 0.6 is 28.1 Å². The smallest absolute Gasteiger partial charge is 0.251 e. The zero-order valence-electron chi connectivity index (χ0n) is 7.59. The molecule has 0 fully saturated rings. The lowest BCUT2D eigenvalue weighted by atomic mass is 10.2. The molecule has 3 nitrogen and oxygen atoms in total. The molecule has 6 heteroatoms. The van der Waals surface area contributed by atoms with Crippen molar-refractivity contribution >= 4 is 39.0 Å². The fraction of sp³-hybridized carbons (Fsp3) is 0.111. The van der Waals surface area contributed by atoms with Crippen molar-refractivity contribution < 1.29 is 9.18 Å². The summed E-state index contributed by atoms with van der Waals surface area (Å²) >= 11 is 7.69. The number of nitrogens with one attached hydrogen (secondary N) is 1. The minimum absolute atomic E-state index is 0.0995. The van der Waals surface area contributed by atoms with Gasteiger partial charge >= 0.3 is 0 Å². The number of carbonyl (C=O) groups excluding carboxylic acids is 1. The van der Waals surface area contributed by atoms with Gasteiger partial charge in [-0.05, 0) is 18.2 Å². The van der Waals surface area contributed by atoms with Crippen LogP contribution in [0, 0.1) is 5.82 Å². The Morgan fingerprint density at radius 3 is 2.73 bits per heavy atom. The van der Waals surface area contributed by atoms with Crippen LogP contribution in [0.4, 0.5) is 4.39 Å². The van der Waals surface area contributed by atoms with E-state index in [2.05, 4.69) is 33.5 Å². The largest absolute Gasteiger partial charge is 0.392 e. The molecule has 1 aromatic carbocycles. The summed E-state index contributed by atoms with van der Waals surface area (Å²) < 4.78 is 13.4. The minimum Gasteiger partial charge on any atom is -0.392 e. The highest BCUT2D eigenvalue weighted by atomic mass is 79.9. The molecule has 0 aromatic heterocycles. The third-order valence-corrected chi connectivity index (χ3v) is 2.15. The number of benzene rings is 1. The van der Waals surface area contributed by atoms with Gasteiger partial charge in [0.05, 0.1) is 11.5 Å². The molecular formula is C9H8BrFN2OS. The fourth-order valence-corrected chi connectivity index (χ4v) is 1.49. The summed E-state index contributed by atoms with van der Waals surface area (Å²) in [5.74, 6) is -0.896. The highest BCUT2D eigenvalue weighted by Crippen LogP contribution is 2.14. The maximum absolute atomic E-state index is 12.9. The number of thiocarbonyl (C=S) groups is 1. The molecule has 1 amide bonds. The number of rotatable bonds is 3. The van der Waals surface area contributed by atoms with E-state index in [1.54, 1.807) is 0 Å². The molecule has 0 aliphatic carbocycles. The van der Waals surface area contributed by atoms with Crippen LogP contribution in [0.3, 0.4) is 0 Å². The van der Waals surface area contributed by atoms with Crippen molar-refractivity contribution in [3.05, 3.63) is 34.1 Å². The predicted molar refractivity (Wildman–Crippen MR) is 63.2 cm³/mol. The molecule has 80 valence electrons. The predicted octanol–water partition coefficient (Wildman–Crippen LogP) is 1.60. The molecular weight excluding hydrogens is 283 g/mol. The van der Waals surface area contributed by atoms with Crippen LogP contribution in [-0.4, -0.2) is 17.4 Å². The third kappa shape index (κ3) is 3.93. The maximum atomic E-state index is 12.9. The Morgan fingerprint density at radius 1 is 1.53 bits per heavy atom. The van der Waals surface area contributed by atoms with Crippen molar-refractivity contribution in [3.63, 3.8) is 0 Å². The Bertz CT molecular complexity index is 391. The van der Waals surface area contributed by atoms with E-state index in [0.29, 0.717) is 4.47 Å². The average Bonchev–Trinajstić information content (AvgIpc) is 2.12. The van der Waals surface area contributed by atoms with Gasteiger partial charge in [0.1, 0.15) is 5.82 Å². The summed E-state index contributed by atoms with van der Waals surface area (Å²) in [7, 11) is 0. The summed E-state index contributed by atoms with van der Waals surface area (Å²) in [5, 5.41) is 2.46. The topological polar surface area (TPSA) is 55.1 Å². The summed E-state index contributed by atoms with van der Waals surface area (Å²) in [6.07, 6.45) is 0. The van der Waals surface area contributed by atoms with E-state index in [4.69, 9.17) is 5.73 Å². The van der Waals surface area contributed by atoms with Crippen LogP contribution < -0.4 is 11.1 Å². The SMILES string of the molecule is NC(=S)CNC(=O)c1cc(F)cc(Br)c1. The molecule has 15 heavy (non-hydrogen) atoms. The number of hydrogen-bond donors (Lipinski definition) is 2. The van der Waals surface area contributed by atoms with E-state index in [1.807, 2.05) is 0 Å². The van der Waals surface area contributed by atoms with E-state index in [0.717, 1.165) is 6.07 Å². The lowest BCUT2D eigenvalue weighted by molar-refractivity contribution is 0.0959. The molecule has 0 bridgehead atoms. The molecule has 0 aliphatic rings. The molecule has 1 aromatic rings. The van der Waals surface area contributed by atoms with Crippen LogP contribution in [0.25, 0.3) is 0 Å². The summed E-state index contributed by atoms with van der Waals surface area (Å²) in [5.41, 5.74) is 5.43. The third-order valence-electron chi connectivity index (χ3n) is 1.55. The fourth-order valence-electron chi connectivity index (χ4n) is 0.954. The van der Waals surface area contributed by atoms with Gasteiger partial charge in [-0.2, -0.15) is 0 Å². The second kappa shape index (κ2) is 5.18. The van der Waals surface area contributed by atoms with Crippen LogP contribution in [0.1, 0.15) is 10.4 Å². The molecule has 0 atom stereocenters. The quantitative estimate of drug-likeness (QED) is 0.832. The zero-order valence-corrected chi connectivity index (χ0v) is 9.99. The van der Waals surface area contributed by atoms with Gasteiger partial charge in [-0.3, -0.25) is 4.79 Å². The van der Waals surface area contributed by atoms with Crippen LogP contribution in [0.15, 0.2) is 22.7 Å². The molecule has 0 aliphatic heterocycles. The van der Waals surface area contributed by atoms with E-state index in [9.17, 15) is 9.18 Å². The standard InChI is InChI=1S/C9H8BrFN2OS/c10-6-1-5(2-7(11)3-6)9(14)13-4-8(12)15/h1-3H,4H2,(H2,12,15)(H,13,14). The van der Waals surface area contributed by atoms with E-state index in [-0.39, 0.29) is 17.1 Å². The van der Waals surface area contributed by atoms with E-state index in [1.165, 1.54) is 12.1 Å². The van der Waals surface area contributed by atoms with Gasteiger partial charge in [-0.1, -0.05) is 28.1 Å². The first kappa shape index (κ1) is 12.1. The lowest BCUT2D eigenvalue weighted by Gasteiger charge is -2.04. The minimum atomic E-state index is -0.482. The highest BCUT2D eigenvalue weighted by Gasteiger charge is 2.07. The molecule has 0 unspecified atom stereocenters. The van der Waals surface area contributed by atoms with Crippen molar-refractivity contribution in [1.82, 2.24) is 5.32 Å². The van der Waals surface area contributed by atoms with Gasteiger partial charge in [0, 0.05) is 10.0 Å². The highest BCUT2D eigenvalue weighted by molar-refractivity contribution is 9.10. The first-order valence-electron chi connectivity index (χ1n) is 4.01. The average molecular weight is 291 g/mol. The van der Waals surface area contributed by atoms with Crippen molar-refractivity contribution in [1.29, 1.82) is 0 Å². The molecule has 1 rings (SSSR count). The van der Waals surface area contributed by atoms with Gasteiger partial charge in [-0.25, -0.2) is 4.39 Å². The van der Waals surface area contributed by atoms with Crippen molar-refractivity contribution in [2.45, 2.75) is 0 Å². The molecule has 0 saturated heterocycles. The van der Waals surface area contributed by atoms with Gasteiger partial charge < -0.3 is 11.1 Å². The van der Waals surface area contributed by atoms with E-state index < -0.39 is 11.7 Å². The summed E-state index contributed by atoms with van der Waals surface area (Å²) in [6.45, 7) is 0.0995. The first-order valence-corrected chi connectivity index (χ1v) is 5.22. The van der Waals surface area contributed by atoms with Crippen molar-refractivity contribution in [2.75, 3.05) is 6.54 Å².